The molecule has 1 N–H and O–H groups in total. The molecule has 0 bridgehead atoms. The van der Waals surface area contributed by atoms with Gasteiger partial charge in [0.25, 0.3) is 5.91 Å². The lowest BCUT2D eigenvalue weighted by atomic mass is 10.2. The van der Waals surface area contributed by atoms with Crippen molar-refractivity contribution in [1.29, 1.82) is 0 Å². The Balaban J connectivity index is 1.55. The number of furan rings is 1. The lowest BCUT2D eigenvalue weighted by Crippen LogP contribution is -2.24. The van der Waals surface area contributed by atoms with Crippen LogP contribution in [0.1, 0.15) is 5.76 Å². The highest BCUT2D eigenvalue weighted by molar-refractivity contribution is 6.33. The van der Waals surface area contributed by atoms with Gasteiger partial charge in [0.15, 0.2) is 12.4 Å². The van der Waals surface area contributed by atoms with Crippen molar-refractivity contribution in [3.8, 4) is 17.1 Å². The number of nitrogens with zero attached hydrogens (tertiary/aromatic N) is 2. The minimum absolute atomic E-state index is 0.00189. The monoisotopic (exact) mass is 399 g/mol. The maximum absolute atomic E-state index is 11.8. The van der Waals surface area contributed by atoms with E-state index >= 15 is 0 Å². The number of ether oxygens (including phenoxy) is 1. The van der Waals surface area contributed by atoms with E-state index in [0.717, 1.165) is 5.56 Å². The van der Waals surface area contributed by atoms with Gasteiger partial charge in [0, 0.05) is 11.6 Å². The fraction of sp³-hybridized carbons (Fsp3) is 0.0526. The Morgan fingerprint density at radius 2 is 1.93 bits per heavy atom. The molecule has 28 heavy (non-hydrogen) atoms. The van der Waals surface area contributed by atoms with Gasteiger partial charge in [0.05, 0.1) is 16.2 Å². The Labute approximate surface area is 164 Å². The van der Waals surface area contributed by atoms with Crippen LogP contribution in [0.3, 0.4) is 0 Å². The maximum atomic E-state index is 11.8. The highest BCUT2D eigenvalue weighted by Crippen LogP contribution is 2.28. The molecule has 3 aromatic rings. The van der Waals surface area contributed by atoms with Crippen molar-refractivity contribution in [3.05, 3.63) is 81.6 Å². The van der Waals surface area contributed by atoms with Gasteiger partial charge in [-0.3, -0.25) is 14.9 Å². The molecule has 0 unspecified atom stereocenters. The van der Waals surface area contributed by atoms with Crippen LogP contribution >= 0.6 is 11.6 Å². The number of nitrogens with one attached hydrogen (secondary N) is 1. The summed E-state index contributed by atoms with van der Waals surface area (Å²) in [6.07, 6.45) is 1.32. The van der Waals surface area contributed by atoms with Crippen molar-refractivity contribution in [1.82, 2.24) is 5.43 Å². The standard InChI is InChI=1S/C19H14ClN3O5/c20-15-6-2-1-5-14(15)17-10-9-13(28-17)11-21-22-19(24)12-27-18-8-4-3-7-16(18)23(25)26/h1-11H,12H2,(H,22,24)/b21-11-. The van der Waals surface area contributed by atoms with Crippen LogP contribution in [0.15, 0.2) is 70.2 Å². The average Bonchev–Trinajstić information content (AvgIpc) is 3.15. The molecule has 9 heteroatoms. The summed E-state index contributed by atoms with van der Waals surface area (Å²) in [4.78, 5) is 22.1. The smallest absolute Gasteiger partial charge is 0.310 e. The summed E-state index contributed by atoms with van der Waals surface area (Å²) in [5, 5.41) is 15.2. The summed E-state index contributed by atoms with van der Waals surface area (Å²) in [7, 11) is 0. The van der Waals surface area contributed by atoms with Crippen molar-refractivity contribution >= 4 is 29.4 Å². The number of hydrogen-bond acceptors (Lipinski definition) is 6. The third-order valence-corrected chi connectivity index (χ3v) is 3.90. The SMILES string of the molecule is O=C(COc1ccccc1[N+](=O)[O-])N/N=C\c1ccc(-c2ccccc2Cl)o1. The second-order valence-corrected chi connectivity index (χ2v) is 5.90. The molecule has 3 rings (SSSR count). The quantitative estimate of drug-likeness (QED) is 0.366. The lowest BCUT2D eigenvalue weighted by Gasteiger charge is -2.05. The first-order valence-corrected chi connectivity index (χ1v) is 8.45. The molecule has 142 valence electrons. The summed E-state index contributed by atoms with van der Waals surface area (Å²) in [5.41, 5.74) is 2.78. The van der Waals surface area contributed by atoms with Gasteiger partial charge in [-0.15, -0.1) is 0 Å². The van der Waals surface area contributed by atoms with Crippen molar-refractivity contribution in [2.24, 2.45) is 5.10 Å². The van der Waals surface area contributed by atoms with Crippen molar-refractivity contribution in [3.63, 3.8) is 0 Å². The molecule has 2 aromatic carbocycles. The molecule has 0 aliphatic rings. The molecule has 0 atom stereocenters. The number of rotatable bonds is 7. The Morgan fingerprint density at radius 1 is 1.18 bits per heavy atom. The first-order valence-electron chi connectivity index (χ1n) is 8.07. The number of hydrazone groups is 1. The minimum atomic E-state index is -0.584. The summed E-state index contributed by atoms with van der Waals surface area (Å²) in [6, 6.07) is 16.4. The third-order valence-electron chi connectivity index (χ3n) is 3.57. The molecule has 0 aliphatic carbocycles. The largest absolute Gasteiger partial charge is 0.477 e. The number of nitro benzene ring substituents is 1. The topological polar surface area (TPSA) is 107 Å². The molecule has 0 fully saturated rings. The fourth-order valence-electron chi connectivity index (χ4n) is 2.30. The highest BCUT2D eigenvalue weighted by atomic mass is 35.5. The van der Waals surface area contributed by atoms with Gasteiger partial charge in [-0.05, 0) is 30.3 Å². The molecule has 1 aromatic heterocycles. The zero-order valence-electron chi connectivity index (χ0n) is 14.4. The van der Waals surface area contributed by atoms with Crippen LogP contribution in [0, 0.1) is 10.1 Å². The molecule has 0 radical (unpaired) electrons. The molecule has 0 saturated heterocycles. The first-order chi connectivity index (χ1) is 13.5. The zero-order valence-corrected chi connectivity index (χ0v) is 15.1. The molecule has 0 aliphatic heterocycles. The second kappa shape index (κ2) is 8.83. The Hall–Kier alpha value is -3.65. The predicted molar refractivity (Wildman–Crippen MR) is 103 cm³/mol. The van der Waals surface area contributed by atoms with Crippen LogP contribution in [0.25, 0.3) is 11.3 Å². The summed E-state index contributed by atoms with van der Waals surface area (Å²) >= 11 is 6.12. The number of amides is 1. The van der Waals surface area contributed by atoms with E-state index in [2.05, 4.69) is 10.5 Å². The van der Waals surface area contributed by atoms with Gasteiger partial charge >= 0.3 is 5.69 Å². The number of benzene rings is 2. The van der Waals surface area contributed by atoms with Crippen molar-refractivity contribution in [2.75, 3.05) is 6.61 Å². The molecule has 0 spiro atoms. The number of para-hydroxylation sites is 2. The normalized spacial score (nSPS) is 10.8. The summed E-state index contributed by atoms with van der Waals surface area (Å²) < 4.78 is 10.8. The van der Waals surface area contributed by atoms with E-state index in [1.54, 1.807) is 24.3 Å². The number of halogens is 1. The van der Waals surface area contributed by atoms with E-state index in [1.165, 1.54) is 24.4 Å². The van der Waals surface area contributed by atoms with E-state index in [-0.39, 0.29) is 11.4 Å². The van der Waals surface area contributed by atoms with Crippen LogP contribution in [-0.2, 0) is 4.79 Å². The Morgan fingerprint density at radius 3 is 2.71 bits per heavy atom. The molecule has 1 heterocycles. The van der Waals surface area contributed by atoms with Crippen molar-refractivity contribution in [2.45, 2.75) is 0 Å². The highest BCUT2D eigenvalue weighted by Gasteiger charge is 2.14. The van der Waals surface area contributed by atoms with Crippen LogP contribution in [0.2, 0.25) is 5.02 Å². The van der Waals surface area contributed by atoms with Crippen LogP contribution in [0.4, 0.5) is 5.69 Å². The second-order valence-electron chi connectivity index (χ2n) is 5.49. The van der Waals surface area contributed by atoms with Gasteiger partial charge in [-0.2, -0.15) is 5.10 Å². The van der Waals surface area contributed by atoms with E-state index in [4.69, 9.17) is 20.8 Å². The number of carbonyl (C=O) groups excluding carboxylic acids is 1. The summed E-state index contributed by atoms with van der Waals surface area (Å²) in [6.45, 7) is -0.425. The first kappa shape index (κ1) is 19.1. The van der Waals surface area contributed by atoms with E-state index in [9.17, 15) is 14.9 Å². The van der Waals surface area contributed by atoms with Gasteiger partial charge < -0.3 is 9.15 Å². The number of nitro groups is 1. The molecule has 0 saturated carbocycles. The lowest BCUT2D eigenvalue weighted by molar-refractivity contribution is -0.385. The molecule has 8 nitrogen and oxygen atoms in total. The van der Waals surface area contributed by atoms with Gasteiger partial charge in [0.1, 0.15) is 11.5 Å². The van der Waals surface area contributed by atoms with Gasteiger partial charge in [-0.25, -0.2) is 5.43 Å². The van der Waals surface area contributed by atoms with Gasteiger partial charge in [0.2, 0.25) is 0 Å². The maximum Gasteiger partial charge on any atom is 0.310 e. The molecular formula is C19H14ClN3O5. The fourth-order valence-corrected chi connectivity index (χ4v) is 2.53. The van der Waals surface area contributed by atoms with E-state index in [1.807, 2.05) is 18.2 Å². The van der Waals surface area contributed by atoms with Crippen LogP contribution < -0.4 is 10.2 Å². The Kier molecular flexibility index (Phi) is 6.03. The van der Waals surface area contributed by atoms with E-state index in [0.29, 0.717) is 16.5 Å². The predicted octanol–water partition coefficient (Wildman–Crippen LogP) is 4.04. The van der Waals surface area contributed by atoms with Crippen LogP contribution in [0.5, 0.6) is 5.75 Å². The minimum Gasteiger partial charge on any atom is -0.477 e. The Bertz CT molecular complexity index is 1030. The third kappa shape index (κ3) is 4.74. The summed E-state index contributed by atoms with van der Waals surface area (Å²) in [5.74, 6) is 0.405. The number of hydrogen-bond donors (Lipinski definition) is 1. The zero-order chi connectivity index (χ0) is 19.9. The average molecular weight is 400 g/mol. The number of carbonyl (C=O) groups is 1. The van der Waals surface area contributed by atoms with Crippen molar-refractivity contribution < 1.29 is 18.9 Å². The van der Waals surface area contributed by atoms with E-state index < -0.39 is 17.4 Å². The molecular weight excluding hydrogens is 386 g/mol. The van der Waals surface area contributed by atoms with Gasteiger partial charge in [-0.1, -0.05) is 35.9 Å². The molecule has 1 amide bonds. The van der Waals surface area contributed by atoms with Crippen LogP contribution in [-0.4, -0.2) is 23.7 Å².